The summed E-state index contributed by atoms with van der Waals surface area (Å²) in [6.07, 6.45) is 0. The Morgan fingerprint density at radius 1 is 1.14 bits per heavy atom. The summed E-state index contributed by atoms with van der Waals surface area (Å²) in [5.41, 5.74) is 8.46. The minimum absolute atomic E-state index is 0.0592. The van der Waals surface area contributed by atoms with Gasteiger partial charge >= 0.3 is 0 Å². The third-order valence-corrected chi connectivity index (χ3v) is 6.42. The molecule has 1 aromatic carbocycles. The van der Waals surface area contributed by atoms with E-state index in [0.717, 1.165) is 22.2 Å². The maximum Gasteiger partial charge on any atom is 0.215 e. The van der Waals surface area contributed by atoms with Crippen molar-refractivity contribution in [2.45, 2.75) is 20.1 Å². The predicted octanol–water partition coefficient (Wildman–Crippen LogP) is 1.61. The molecule has 0 bridgehead atoms. The Morgan fingerprint density at radius 2 is 1.90 bits per heavy atom. The molecular formula is C19H27N5O4S. The van der Waals surface area contributed by atoms with Crippen molar-refractivity contribution >= 4 is 37.8 Å². The molecule has 2 heterocycles. The van der Waals surface area contributed by atoms with Gasteiger partial charge in [-0.1, -0.05) is 18.2 Å². The number of nitrogen functional groups attached to an aromatic ring is 1. The molecule has 0 radical (unpaired) electrons. The van der Waals surface area contributed by atoms with E-state index >= 15 is 0 Å². The van der Waals surface area contributed by atoms with Gasteiger partial charge in [-0.05, 0) is 13.0 Å². The molecule has 9 nitrogen and oxygen atoms in total. The SMILES string of the molecule is CCOCc1nc2c(N)nc3ccccc3c2n1CCOCCS(=O)(=O)N(C)C. The number of anilines is 1. The molecule has 2 aromatic heterocycles. The number of rotatable bonds is 10. The summed E-state index contributed by atoms with van der Waals surface area (Å²) < 4.78 is 38.1. The van der Waals surface area contributed by atoms with Gasteiger partial charge in [0.2, 0.25) is 10.0 Å². The Kier molecular flexibility index (Phi) is 6.68. The molecule has 0 saturated heterocycles. The monoisotopic (exact) mass is 421 g/mol. The van der Waals surface area contributed by atoms with Gasteiger partial charge in [-0.2, -0.15) is 0 Å². The van der Waals surface area contributed by atoms with Gasteiger partial charge in [0.25, 0.3) is 0 Å². The molecule has 29 heavy (non-hydrogen) atoms. The Hall–Kier alpha value is -2.27. The van der Waals surface area contributed by atoms with Crippen LogP contribution in [0.4, 0.5) is 5.82 Å². The van der Waals surface area contributed by atoms with Crippen LogP contribution in [-0.4, -0.2) is 66.9 Å². The lowest BCUT2D eigenvalue weighted by Crippen LogP contribution is -2.27. The highest BCUT2D eigenvalue weighted by Crippen LogP contribution is 2.29. The Morgan fingerprint density at radius 3 is 2.62 bits per heavy atom. The van der Waals surface area contributed by atoms with E-state index in [9.17, 15) is 8.42 Å². The highest BCUT2D eigenvalue weighted by molar-refractivity contribution is 7.89. The summed E-state index contributed by atoms with van der Waals surface area (Å²) in [5, 5.41) is 0.946. The molecule has 10 heteroatoms. The van der Waals surface area contributed by atoms with Gasteiger partial charge in [0.1, 0.15) is 17.9 Å². The number of benzene rings is 1. The molecule has 0 fully saturated rings. The summed E-state index contributed by atoms with van der Waals surface area (Å²) in [6.45, 7) is 3.79. The van der Waals surface area contributed by atoms with E-state index < -0.39 is 10.0 Å². The molecule has 0 saturated carbocycles. The number of sulfonamides is 1. The van der Waals surface area contributed by atoms with Crippen LogP contribution in [0, 0.1) is 0 Å². The summed E-state index contributed by atoms with van der Waals surface area (Å²) in [5.74, 6) is 1.04. The number of nitrogens with two attached hydrogens (primary N) is 1. The lowest BCUT2D eigenvalue weighted by Gasteiger charge is -2.13. The fourth-order valence-electron chi connectivity index (χ4n) is 3.05. The van der Waals surface area contributed by atoms with E-state index in [0.29, 0.717) is 37.7 Å². The van der Waals surface area contributed by atoms with E-state index in [-0.39, 0.29) is 12.4 Å². The van der Waals surface area contributed by atoms with Gasteiger partial charge in [0.15, 0.2) is 5.82 Å². The van der Waals surface area contributed by atoms with Crippen molar-refractivity contribution < 1.29 is 17.9 Å². The van der Waals surface area contributed by atoms with Crippen LogP contribution in [0.2, 0.25) is 0 Å². The van der Waals surface area contributed by atoms with E-state index in [1.807, 2.05) is 35.8 Å². The topological polar surface area (TPSA) is 113 Å². The maximum absolute atomic E-state index is 11.8. The van der Waals surface area contributed by atoms with Gasteiger partial charge < -0.3 is 19.8 Å². The van der Waals surface area contributed by atoms with E-state index in [1.165, 1.54) is 18.4 Å². The number of pyridine rings is 1. The summed E-state index contributed by atoms with van der Waals surface area (Å²) >= 11 is 0. The lowest BCUT2D eigenvalue weighted by molar-refractivity contribution is 0.118. The smallest absolute Gasteiger partial charge is 0.215 e. The van der Waals surface area contributed by atoms with Crippen LogP contribution in [0.15, 0.2) is 24.3 Å². The van der Waals surface area contributed by atoms with E-state index in [2.05, 4.69) is 9.97 Å². The molecule has 3 aromatic rings. The van der Waals surface area contributed by atoms with Gasteiger partial charge in [-0.3, -0.25) is 0 Å². The van der Waals surface area contributed by atoms with Gasteiger partial charge in [0, 0.05) is 32.6 Å². The van der Waals surface area contributed by atoms with Crippen molar-refractivity contribution in [2.75, 3.05) is 45.4 Å². The minimum atomic E-state index is -3.28. The van der Waals surface area contributed by atoms with Crippen LogP contribution < -0.4 is 5.73 Å². The second-order valence-electron chi connectivity index (χ2n) is 6.74. The normalized spacial score (nSPS) is 12.4. The van der Waals surface area contributed by atoms with Crippen molar-refractivity contribution in [2.24, 2.45) is 0 Å². The first kappa shape index (κ1) is 21.4. The quantitative estimate of drug-likeness (QED) is 0.495. The van der Waals surface area contributed by atoms with Crippen molar-refractivity contribution in [3.8, 4) is 0 Å². The fourth-order valence-corrected chi connectivity index (χ4v) is 3.75. The number of aromatic nitrogens is 3. The summed E-state index contributed by atoms with van der Waals surface area (Å²) in [6, 6.07) is 7.75. The largest absolute Gasteiger partial charge is 0.382 e. The van der Waals surface area contributed by atoms with Gasteiger partial charge in [-0.15, -0.1) is 0 Å². The lowest BCUT2D eigenvalue weighted by atomic mass is 10.2. The number of hydrogen-bond donors (Lipinski definition) is 1. The van der Waals surface area contributed by atoms with Crippen molar-refractivity contribution in [1.82, 2.24) is 18.8 Å². The average molecular weight is 422 g/mol. The Bertz CT molecular complexity index is 1090. The fraction of sp³-hybridized carbons (Fsp3) is 0.474. The minimum Gasteiger partial charge on any atom is -0.382 e. The first-order valence-electron chi connectivity index (χ1n) is 9.44. The van der Waals surface area contributed by atoms with Crippen LogP contribution >= 0.6 is 0 Å². The number of ether oxygens (including phenoxy) is 2. The van der Waals surface area contributed by atoms with E-state index in [4.69, 9.17) is 15.2 Å². The van der Waals surface area contributed by atoms with Crippen molar-refractivity contribution in [3.63, 3.8) is 0 Å². The summed E-state index contributed by atoms with van der Waals surface area (Å²) in [4.78, 5) is 9.10. The highest BCUT2D eigenvalue weighted by Gasteiger charge is 2.18. The highest BCUT2D eigenvalue weighted by atomic mass is 32.2. The van der Waals surface area contributed by atoms with Gasteiger partial charge in [0.05, 0.1) is 30.0 Å². The molecule has 0 amide bonds. The molecule has 0 aliphatic heterocycles. The third-order valence-electron chi connectivity index (χ3n) is 4.63. The zero-order valence-electron chi connectivity index (χ0n) is 17.0. The first-order chi connectivity index (χ1) is 13.8. The number of fused-ring (bicyclic) bond motifs is 3. The number of hydrogen-bond acceptors (Lipinski definition) is 7. The van der Waals surface area contributed by atoms with Crippen LogP contribution in [0.5, 0.6) is 0 Å². The standard InChI is InChI=1S/C19H27N5O4S/c1-4-27-13-16-22-17-18(14-7-5-6-8-15(14)21-19(17)20)24(16)9-10-28-11-12-29(25,26)23(2)3/h5-8H,4,9-13H2,1-3H3,(H2,20,21). The van der Waals surface area contributed by atoms with Crippen LogP contribution in [0.1, 0.15) is 12.7 Å². The zero-order chi connectivity index (χ0) is 21.0. The maximum atomic E-state index is 11.8. The van der Waals surface area contributed by atoms with Crippen LogP contribution in [0.25, 0.3) is 21.9 Å². The molecule has 0 aliphatic rings. The van der Waals surface area contributed by atoms with E-state index in [1.54, 1.807) is 0 Å². The molecule has 0 aliphatic carbocycles. The molecule has 2 N–H and O–H groups in total. The second-order valence-corrected chi connectivity index (χ2v) is 9.04. The molecule has 0 atom stereocenters. The van der Waals surface area contributed by atoms with Crippen LogP contribution in [0.3, 0.4) is 0 Å². The predicted molar refractivity (Wildman–Crippen MR) is 113 cm³/mol. The Labute approximate surface area is 170 Å². The first-order valence-corrected chi connectivity index (χ1v) is 11.0. The zero-order valence-corrected chi connectivity index (χ0v) is 17.8. The number of nitrogens with zero attached hydrogens (tertiary/aromatic N) is 4. The number of para-hydroxylation sites is 1. The van der Waals surface area contributed by atoms with Crippen molar-refractivity contribution in [1.29, 1.82) is 0 Å². The Balaban J connectivity index is 1.86. The molecule has 0 unspecified atom stereocenters. The second kappa shape index (κ2) is 9.04. The van der Waals surface area contributed by atoms with Gasteiger partial charge in [-0.25, -0.2) is 22.7 Å². The number of imidazole rings is 1. The molecule has 3 rings (SSSR count). The van der Waals surface area contributed by atoms with Crippen molar-refractivity contribution in [3.05, 3.63) is 30.1 Å². The van der Waals surface area contributed by atoms with Crippen LogP contribution in [-0.2, 0) is 32.6 Å². The summed E-state index contributed by atoms with van der Waals surface area (Å²) in [7, 11) is -0.256. The molecule has 158 valence electrons. The molecule has 0 spiro atoms. The third kappa shape index (κ3) is 4.67. The average Bonchev–Trinajstić information content (AvgIpc) is 3.05. The molecular weight excluding hydrogens is 394 g/mol.